The summed E-state index contributed by atoms with van der Waals surface area (Å²) in [4.78, 5) is 0. The third-order valence-electron chi connectivity index (χ3n) is 2.36. The number of thioether (sulfide) groups is 1. The summed E-state index contributed by atoms with van der Waals surface area (Å²) in [6.45, 7) is 4.45. The van der Waals surface area contributed by atoms with Crippen LogP contribution in [0.1, 0.15) is 20.3 Å². The van der Waals surface area contributed by atoms with E-state index in [1.807, 2.05) is 18.2 Å². The Kier molecular flexibility index (Phi) is 3.36. The highest BCUT2D eigenvalue weighted by Gasteiger charge is 2.26. The molecule has 0 saturated carbocycles. The van der Waals surface area contributed by atoms with Crippen LogP contribution < -0.4 is 5.32 Å². The number of para-hydroxylation sites is 1. The van der Waals surface area contributed by atoms with E-state index in [2.05, 4.69) is 37.4 Å². The van der Waals surface area contributed by atoms with Crippen molar-refractivity contribution in [3.63, 3.8) is 0 Å². The maximum atomic E-state index is 5.29. The molecule has 1 N–H and O–H groups in total. The van der Waals surface area contributed by atoms with Gasteiger partial charge in [-0.1, -0.05) is 30.4 Å². The van der Waals surface area contributed by atoms with Crippen LogP contribution in [0, 0.1) is 0 Å². The first-order valence-corrected chi connectivity index (χ1v) is 6.53. The van der Waals surface area contributed by atoms with Gasteiger partial charge in [0.1, 0.15) is 0 Å². The summed E-state index contributed by atoms with van der Waals surface area (Å²) in [5.74, 6) is 0. The van der Waals surface area contributed by atoms with Crippen LogP contribution >= 0.6 is 24.0 Å². The number of benzene rings is 1. The van der Waals surface area contributed by atoms with Gasteiger partial charge in [0.25, 0.3) is 0 Å². The van der Waals surface area contributed by atoms with Gasteiger partial charge in [0.2, 0.25) is 0 Å². The second-order valence-corrected chi connectivity index (χ2v) is 6.97. The van der Waals surface area contributed by atoms with Gasteiger partial charge in [0.15, 0.2) is 0 Å². The first kappa shape index (κ1) is 11.7. The van der Waals surface area contributed by atoms with E-state index in [1.54, 1.807) is 11.8 Å². The quantitative estimate of drug-likeness (QED) is 0.788. The molecule has 84 valence electrons. The van der Waals surface area contributed by atoms with Crippen LogP contribution in [0.5, 0.6) is 0 Å². The fourth-order valence-corrected chi connectivity index (χ4v) is 3.57. The van der Waals surface area contributed by atoms with Crippen LogP contribution in [0.25, 0.3) is 0 Å². The molecule has 0 radical (unpaired) electrons. The summed E-state index contributed by atoms with van der Waals surface area (Å²) >= 11 is 7.07. The number of allylic oxidation sites excluding steroid dienone is 1. The van der Waals surface area contributed by atoms with Gasteiger partial charge in [-0.2, -0.15) is 0 Å². The van der Waals surface area contributed by atoms with Crippen LogP contribution in [0.2, 0.25) is 0 Å². The van der Waals surface area contributed by atoms with Gasteiger partial charge in [0, 0.05) is 22.6 Å². The van der Waals surface area contributed by atoms with E-state index in [0.717, 1.165) is 16.3 Å². The SMILES string of the molecule is CC1(C)CC(Nc2ccccc2)=CC(=S)S1. The second kappa shape index (κ2) is 4.60. The normalized spacial score (nSPS) is 19.1. The monoisotopic (exact) mass is 249 g/mol. The Bertz CT molecular complexity index is 421. The minimum absolute atomic E-state index is 0.197. The van der Waals surface area contributed by atoms with Gasteiger partial charge in [-0.3, -0.25) is 0 Å². The van der Waals surface area contributed by atoms with E-state index >= 15 is 0 Å². The largest absolute Gasteiger partial charge is 0.359 e. The van der Waals surface area contributed by atoms with Crippen molar-refractivity contribution in [2.24, 2.45) is 0 Å². The molecule has 0 unspecified atom stereocenters. The number of hydrogen-bond acceptors (Lipinski definition) is 3. The van der Waals surface area contributed by atoms with Crippen molar-refractivity contribution in [2.45, 2.75) is 25.0 Å². The maximum Gasteiger partial charge on any atom is 0.0728 e. The highest BCUT2D eigenvalue weighted by Crippen LogP contribution is 2.37. The van der Waals surface area contributed by atoms with Gasteiger partial charge in [-0.05, 0) is 32.1 Å². The molecule has 0 aliphatic carbocycles. The van der Waals surface area contributed by atoms with Crippen LogP contribution in [0.15, 0.2) is 42.1 Å². The number of nitrogens with one attached hydrogen (secondary N) is 1. The summed E-state index contributed by atoms with van der Waals surface area (Å²) in [7, 11) is 0. The topological polar surface area (TPSA) is 12.0 Å². The van der Waals surface area contributed by atoms with Crippen molar-refractivity contribution in [1.82, 2.24) is 0 Å². The van der Waals surface area contributed by atoms with E-state index in [-0.39, 0.29) is 4.75 Å². The standard InChI is InChI=1S/C13H15NS2/c1-13(2)9-11(8-12(15)16-13)14-10-6-4-3-5-7-10/h3-8,14H,9H2,1-2H3. The molecule has 0 fully saturated rings. The van der Waals surface area contributed by atoms with E-state index in [1.165, 1.54) is 5.70 Å². The molecule has 1 heterocycles. The van der Waals surface area contributed by atoms with Crippen LogP contribution in [-0.4, -0.2) is 8.94 Å². The van der Waals surface area contributed by atoms with Crippen LogP contribution in [0.4, 0.5) is 5.69 Å². The predicted octanol–water partition coefficient (Wildman–Crippen LogP) is 4.23. The fraction of sp³-hybridized carbons (Fsp3) is 0.308. The minimum Gasteiger partial charge on any atom is -0.359 e. The lowest BCUT2D eigenvalue weighted by Crippen LogP contribution is -2.24. The molecule has 0 aromatic heterocycles. The van der Waals surface area contributed by atoms with Crippen molar-refractivity contribution in [3.05, 3.63) is 42.1 Å². The Labute approximate surface area is 106 Å². The Hall–Kier alpha value is -0.800. The highest BCUT2D eigenvalue weighted by molar-refractivity contribution is 8.24. The smallest absolute Gasteiger partial charge is 0.0728 e. The molecule has 1 aromatic rings. The molecule has 0 atom stereocenters. The molecule has 0 amide bonds. The molecule has 3 heteroatoms. The Morgan fingerprint density at radius 3 is 2.56 bits per heavy atom. The third-order valence-corrected chi connectivity index (χ3v) is 3.75. The number of thiocarbonyl (C=S) groups is 1. The number of hydrogen-bond donors (Lipinski definition) is 1. The van der Waals surface area contributed by atoms with E-state index in [0.29, 0.717) is 0 Å². The van der Waals surface area contributed by atoms with E-state index in [4.69, 9.17) is 12.2 Å². The summed E-state index contributed by atoms with van der Waals surface area (Å²) in [6.07, 6.45) is 3.09. The van der Waals surface area contributed by atoms with Crippen molar-refractivity contribution in [2.75, 3.05) is 5.32 Å². The second-order valence-electron chi connectivity index (χ2n) is 4.52. The zero-order chi connectivity index (χ0) is 11.6. The lowest BCUT2D eigenvalue weighted by Gasteiger charge is -2.29. The zero-order valence-electron chi connectivity index (χ0n) is 9.49. The third kappa shape index (κ3) is 3.09. The molecule has 1 aliphatic rings. The lowest BCUT2D eigenvalue weighted by molar-refractivity contribution is 0.706. The van der Waals surface area contributed by atoms with Gasteiger partial charge in [-0.25, -0.2) is 0 Å². The first-order valence-electron chi connectivity index (χ1n) is 5.31. The molecule has 2 rings (SSSR count). The Balaban J connectivity index is 2.14. The van der Waals surface area contributed by atoms with Gasteiger partial charge in [0.05, 0.1) is 4.20 Å². The highest BCUT2D eigenvalue weighted by atomic mass is 32.2. The van der Waals surface area contributed by atoms with Crippen molar-refractivity contribution in [1.29, 1.82) is 0 Å². The van der Waals surface area contributed by atoms with Crippen molar-refractivity contribution in [3.8, 4) is 0 Å². The van der Waals surface area contributed by atoms with E-state index in [9.17, 15) is 0 Å². The molecule has 1 aromatic carbocycles. The number of anilines is 1. The fourth-order valence-electron chi connectivity index (χ4n) is 1.78. The van der Waals surface area contributed by atoms with E-state index < -0.39 is 0 Å². The predicted molar refractivity (Wildman–Crippen MR) is 77.0 cm³/mol. The summed E-state index contributed by atoms with van der Waals surface area (Å²) < 4.78 is 1.16. The molecule has 1 nitrogen and oxygen atoms in total. The molecule has 0 saturated heterocycles. The molecule has 16 heavy (non-hydrogen) atoms. The van der Waals surface area contributed by atoms with Gasteiger partial charge < -0.3 is 5.32 Å². The van der Waals surface area contributed by atoms with Crippen molar-refractivity contribution >= 4 is 33.9 Å². The van der Waals surface area contributed by atoms with Gasteiger partial charge in [-0.15, -0.1) is 11.8 Å². The average Bonchev–Trinajstić information content (AvgIpc) is 2.15. The molecule has 0 bridgehead atoms. The van der Waals surface area contributed by atoms with Crippen LogP contribution in [-0.2, 0) is 0 Å². The molecule has 0 spiro atoms. The molecular formula is C13H15NS2. The molecule has 1 aliphatic heterocycles. The number of rotatable bonds is 2. The van der Waals surface area contributed by atoms with Crippen molar-refractivity contribution < 1.29 is 0 Å². The Morgan fingerprint density at radius 1 is 1.25 bits per heavy atom. The minimum atomic E-state index is 0.197. The average molecular weight is 249 g/mol. The first-order chi connectivity index (χ1) is 7.55. The van der Waals surface area contributed by atoms with Crippen LogP contribution in [0.3, 0.4) is 0 Å². The van der Waals surface area contributed by atoms with Gasteiger partial charge >= 0.3 is 0 Å². The summed E-state index contributed by atoms with van der Waals surface area (Å²) in [6, 6.07) is 10.2. The maximum absolute atomic E-state index is 5.29. The summed E-state index contributed by atoms with van der Waals surface area (Å²) in [5, 5.41) is 3.43. The summed E-state index contributed by atoms with van der Waals surface area (Å²) in [5.41, 5.74) is 2.33. The lowest BCUT2D eigenvalue weighted by atomic mass is 10.1. The molecular weight excluding hydrogens is 234 g/mol. The Morgan fingerprint density at radius 2 is 1.94 bits per heavy atom. The zero-order valence-corrected chi connectivity index (χ0v) is 11.1.